The minimum absolute atomic E-state index is 0.436. The standard InChI is InChI=1S/C21H22N4O3S/c1-4-11-29-21-23-20-18(24-25-21)14-7-5-6-8-16(14)22-19(28-20)15-12-13(26-2)9-10-17(15)27-3/h5-10,12,19,22H,4,11H2,1-3H3. The molecule has 0 radical (unpaired) electrons. The molecule has 0 fully saturated rings. The van der Waals surface area contributed by atoms with Crippen LogP contribution in [0.5, 0.6) is 17.4 Å². The summed E-state index contributed by atoms with van der Waals surface area (Å²) in [6.45, 7) is 2.12. The van der Waals surface area contributed by atoms with Gasteiger partial charge in [0.05, 0.1) is 19.8 Å². The number of aromatic nitrogens is 3. The van der Waals surface area contributed by atoms with Crippen LogP contribution in [0.1, 0.15) is 25.1 Å². The largest absolute Gasteiger partial charge is 0.497 e. The lowest BCUT2D eigenvalue weighted by atomic mass is 10.1. The number of ether oxygens (including phenoxy) is 3. The molecule has 1 N–H and O–H groups in total. The van der Waals surface area contributed by atoms with Crippen molar-refractivity contribution in [2.75, 3.05) is 25.3 Å². The Kier molecular flexibility index (Phi) is 5.71. The van der Waals surface area contributed by atoms with Crippen molar-refractivity contribution in [3.8, 4) is 28.6 Å². The predicted molar refractivity (Wildman–Crippen MR) is 113 cm³/mol. The van der Waals surface area contributed by atoms with Crippen LogP contribution in [0.2, 0.25) is 0 Å². The quantitative estimate of drug-likeness (QED) is 0.593. The van der Waals surface area contributed by atoms with Crippen LogP contribution in [0.15, 0.2) is 47.6 Å². The number of fused-ring (bicyclic) bond motifs is 3. The van der Waals surface area contributed by atoms with Crippen LogP contribution in [0.3, 0.4) is 0 Å². The summed E-state index contributed by atoms with van der Waals surface area (Å²) < 4.78 is 17.3. The molecular formula is C21H22N4O3S. The first-order chi connectivity index (χ1) is 14.2. The van der Waals surface area contributed by atoms with Gasteiger partial charge in [-0.1, -0.05) is 36.9 Å². The van der Waals surface area contributed by atoms with Crippen LogP contribution >= 0.6 is 11.8 Å². The average Bonchev–Trinajstić information content (AvgIpc) is 2.93. The average molecular weight is 410 g/mol. The third kappa shape index (κ3) is 3.93. The molecule has 4 rings (SSSR count). The lowest BCUT2D eigenvalue weighted by Crippen LogP contribution is -2.18. The summed E-state index contributed by atoms with van der Waals surface area (Å²) in [5.74, 6) is 2.75. The monoisotopic (exact) mass is 410 g/mol. The van der Waals surface area contributed by atoms with Crippen LogP contribution in [-0.4, -0.2) is 35.2 Å². The molecule has 1 unspecified atom stereocenters. The first-order valence-electron chi connectivity index (χ1n) is 9.35. The zero-order chi connectivity index (χ0) is 20.2. The van der Waals surface area contributed by atoms with Crippen LogP contribution in [0, 0.1) is 0 Å². The first-order valence-corrected chi connectivity index (χ1v) is 10.3. The molecule has 0 amide bonds. The number of methoxy groups -OCH3 is 2. The minimum atomic E-state index is -0.539. The summed E-state index contributed by atoms with van der Waals surface area (Å²) in [6, 6.07) is 13.5. The number of benzene rings is 2. The summed E-state index contributed by atoms with van der Waals surface area (Å²) in [5, 5.41) is 12.7. The van der Waals surface area contributed by atoms with Gasteiger partial charge in [-0.25, -0.2) is 0 Å². The van der Waals surface area contributed by atoms with E-state index in [9.17, 15) is 0 Å². The molecule has 1 aliphatic heterocycles. The summed E-state index contributed by atoms with van der Waals surface area (Å²) in [5.41, 5.74) is 3.18. The summed E-state index contributed by atoms with van der Waals surface area (Å²) in [4.78, 5) is 4.64. The minimum Gasteiger partial charge on any atom is -0.497 e. The lowest BCUT2D eigenvalue weighted by molar-refractivity contribution is 0.219. The maximum absolute atomic E-state index is 6.31. The van der Waals surface area contributed by atoms with Gasteiger partial charge < -0.3 is 19.5 Å². The molecular weight excluding hydrogens is 388 g/mol. The smallest absolute Gasteiger partial charge is 0.247 e. The molecule has 7 nitrogen and oxygen atoms in total. The molecule has 2 aromatic carbocycles. The normalized spacial score (nSPS) is 14.7. The van der Waals surface area contributed by atoms with Gasteiger partial charge in [-0.3, -0.25) is 0 Å². The van der Waals surface area contributed by atoms with Gasteiger partial charge in [0.15, 0.2) is 5.69 Å². The summed E-state index contributed by atoms with van der Waals surface area (Å²) in [6.07, 6.45) is 0.489. The van der Waals surface area contributed by atoms with E-state index in [1.54, 1.807) is 26.0 Å². The molecule has 2 heterocycles. The zero-order valence-corrected chi connectivity index (χ0v) is 17.3. The highest BCUT2D eigenvalue weighted by molar-refractivity contribution is 7.99. The number of rotatable bonds is 6. The van der Waals surface area contributed by atoms with E-state index in [2.05, 4.69) is 27.4 Å². The number of nitrogens with one attached hydrogen (secondary N) is 1. The van der Waals surface area contributed by atoms with Gasteiger partial charge >= 0.3 is 0 Å². The van der Waals surface area contributed by atoms with Crippen molar-refractivity contribution in [1.29, 1.82) is 0 Å². The molecule has 8 heteroatoms. The van der Waals surface area contributed by atoms with E-state index >= 15 is 0 Å². The number of thioether (sulfide) groups is 1. The Hall–Kier alpha value is -3.00. The third-order valence-electron chi connectivity index (χ3n) is 4.49. The molecule has 1 aliphatic rings. The second-order valence-corrected chi connectivity index (χ2v) is 7.45. The van der Waals surface area contributed by atoms with Crippen molar-refractivity contribution in [1.82, 2.24) is 15.2 Å². The van der Waals surface area contributed by atoms with Gasteiger partial charge in [0, 0.05) is 17.0 Å². The second-order valence-electron chi connectivity index (χ2n) is 6.39. The molecule has 1 aromatic heterocycles. The van der Waals surface area contributed by atoms with Gasteiger partial charge in [-0.2, -0.15) is 4.98 Å². The Balaban J connectivity index is 1.82. The number of para-hydroxylation sites is 1. The SMILES string of the molecule is CCCSc1nnc2c(n1)OC(c1cc(OC)ccc1OC)Nc1ccccc1-2. The number of hydrogen-bond donors (Lipinski definition) is 1. The predicted octanol–water partition coefficient (Wildman–Crippen LogP) is 4.56. The van der Waals surface area contributed by atoms with E-state index in [1.807, 2.05) is 42.5 Å². The van der Waals surface area contributed by atoms with Crippen molar-refractivity contribution in [3.05, 3.63) is 48.0 Å². The summed E-state index contributed by atoms with van der Waals surface area (Å²) in [7, 11) is 3.26. The number of nitrogens with zero attached hydrogens (tertiary/aromatic N) is 3. The third-order valence-corrected chi connectivity index (χ3v) is 5.53. The van der Waals surface area contributed by atoms with Crippen LogP contribution in [0.25, 0.3) is 11.3 Å². The van der Waals surface area contributed by atoms with Gasteiger partial charge in [0.2, 0.25) is 17.3 Å². The Bertz CT molecular complexity index is 1010. The van der Waals surface area contributed by atoms with E-state index in [-0.39, 0.29) is 0 Å². The van der Waals surface area contributed by atoms with E-state index < -0.39 is 6.23 Å². The Morgan fingerprint density at radius 2 is 1.97 bits per heavy atom. The molecule has 0 spiro atoms. The Labute approximate surface area is 173 Å². The van der Waals surface area contributed by atoms with Crippen molar-refractivity contribution in [3.63, 3.8) is 0 Å². The van der Waals surface area contributed by atoms with Crippen molar-refractivity contribution >= 4 is 17.4 Å². The lowest BCUT2D eigenvalue weighted by Gasteiger charge is -2.21. The highest BCUT2D eigenvalue weighted by atomic mass is 32.2. The van der Waals surface area contributed by atoms with Crippen molar-refractivity contribution < 1.29 is 14.2 Å². The molecule has 0 aliphatic carbocycles. The number of anilines is 1. The maximum atomic E-state index is 6.31. The van der Waals surface area contributed by atoms with Gasteiger partial charge in [-0.05, 0) is 30.7 Å². The molecule has 3 aromatic rings. The van der Waals surface area contributed by atoms with Gasteiger partial charge in [-0.15, -0.1) is 10.2 Å². The molecule has 0 saturated carbocycles. The van der Waals surface area contributed by atoms with Crippen LogP contribution in [-0.2, 0) is 0 Å². The molecule has 150 valence electrons. The van der Waals surface area contributed by atoms with Crippen LogP contribution < -0.4 is 19.5 Å². The zero-order valence-electron chi connectivity index (χ0n) is 16.5. The van der Waals surface area contributed by atoms with Crippen molar-refractivity contribution in [2.45, 2.75) is 24.7 Å². The maximum Gasteiger partial charge on any atom is 0.247 e. The second kappa shape index (κ2) is 8.57. The molecule has 0 saturated heterocycles. The van der Waals surface area contributed by atoms with E-state index in [4.69, 9.17) is 14.2 Å². The van der Waals surface area contributed by atoms with Crippen LogP contribution in [0.4, 0.5) is 5.69 Å². The van der Waals surface area contributed by atoms with E-state index in [0.29, 0.717) is 28.2 Å². The van der Waals surface area contributed by atoms with Gasteiger partial charge in [0.1, 0.15) is 11.5 Å². The molecule has 1 atom stereocenters. The fourth-order valence-electron chi connectivity index (χ4n) is 3.09. The Morgan fingerprint density at radius 3 is 2.76 bits per heavy atom. The fourth-order valence-corrected chi connectivity index (χ4v) is 3.72. The first kappa shape index (κ1) is 19.3. The topological polar surface area (TPSA) is 78.4 Å². The summed E-state index contributed by atoms with van der Waals surface area (Å²) >= 11 is 1.56. The van der Waals surface area contributed by atoms with Crippen molar-refractivity contribution in [2.24, 2.45) is 0 Å². The van der Waals surface area contributed by atoms with Gasteiger partial charge in [0.25, 0.3) is 0 Å². The highest BCUT2D eigenvalue weighted by Crippen LogP contribution is 2.41. The number of hydrogen-bond acceptors (Lipinski definition) is 8. The highest BCUT2D eigenvalue weighted by Gasteiger charge is 2.28. The van der Waals surface area contributed by atoms with E-state index in [0.717, 1.165) is 29.0 Å². The fraction of sp³-hybridized carbons (Fsp3) is 0.286. The van der Waals surface area contributed by atoms with E-state index in [1.165, 1.54) is 0 Å². The molecule has 29 heavy (non-hydrogen) atoms. The molecule has 0 bridgehead atoms. The Morgan fingerprint density at radius 1 is 1.10 bits per heavy atom.